The first kappa shape index (κ1) is 24.5. The Bertz CT molecular complexity index is 1380. The molecule has 0 saturated carbocycles. The van der Waals surface area contributed by atoms with Gasteiger partial charge in [-0.3, -0.25) is 10.0 Å². The number of anilines is 1. The molecule has 0 atom stereocenters. The SMILES string of the molecule is Cc1cc(C#N)cc(C)c1Oc1nc(NC2CCN(Cc3ccc(SN)cc3)CC2)nc2ncsc12. The van der Waals surface area contributed by atoms with Crippen molar-refractivity contribution in [3.8, 4) is 17.7 Å². The second kappa shape index (κ2) is 10.8. The van der Waals surface area contributed by atoms with Crippen LogP contribution in [0.5, 0.6) is 11.6 Å². The van der Waals surface area contributed by atoms with Crippen LogP contribution >= 0.6 is 23.3 Å². The van der Waals surface area contributed by atoms with Crippen LogP contribution in [0.1, 0.15) is 35.1 Å². The minimum absolute atomic E-state index is 0.277. The first-order chi connectivity index (χ1) is 17.5. The van der Waals surface area contributed by atoms with E-state index >= 15 is 0 Å². The van der Waals surface area contributed by atoms with E-state index in [4.69, 9.17) is 14.9 Å². The minimum Gasteiger partial charge on any atom is -0.437 e. The van der Waals surface area contributed by atoms with Gasteiger partial charge in [-0.15, -0.1) is 11.3 Å². The molecule has 1 saturated heterocycles. The van der Waals surface area contributed by atoms with Crippen molar-refractivity contribution in [2.24, 2.45) is 5.14 Å². The number of ether oxygens (including phenoxy) is 1. The van der Waals surface area contributed by atoms with Gasteiger partial charge in [0.05, 0.1) is 17.1 Å². The third-order valence-electron chi connectivity index (χ3n) is 6.34. The largest absolute Gasteiger partial charge is 0.437 e. The molecule has 3 heterocycles. The molecule has 0 unspecified atom stereocenters. The summed E-state index contributed by atoms with van der Waals surface area (Å²) >= 11 is 2.73. The van der Waals surface area contributed by atoms with Crippen molar-refractivity contribution in [1.29, 1.82) is 5.26 Å². The summed E-state index contributed by atoms with van der Waals surface area (Å²) in [5, 5.41) is 18.4. The number of aromatic nitrogens is 3. The predicted molar refractivity (Wildman–Crippen MR) is 144 cm³/mol. The third kappa shape index (κ3) is 5.44. The standard InChI is InChI=1S/C26H27N7OS2/c1-16-11-19(13-27)12-17(2)22(16)34-25-23-24(29-15-35-23)31-26(32-25)30-20-7-9-33(10-8-20)14-18-3-5-21(36-28)6-4-18/h3-6,11-12,15,20H,7-10,14,28H2,1-2H3,(H,30,31,32). The quantitative estimate of drug-likeness (QED) is 0.311. The Balaban J connectivity index is 1.27. The van der Waals surface area contributed by atoms with Gasteiger partial charge in [0.2, 0.25) is 11.8 Å². The Labute approximate surface area is 218 Å². The molecule has 1 fully saturated rings. The smallest absolute Gasteiger partial charge is 0.243 e. The zero-order chi connectivity index (χ0) is 25.1. The fourth-order valence-corrected chi connectivity index (χ4v) is 5.44. The molecule has 5 rings (SSSR count). The highest BCUT2D eigenvalue weighted by Crippen LogP contribution is 2.35. The van der Waals surface area contributed by atoms with Crippen LogP contribution in [0.2, 0.25) is 0 Å². The number of nitrogens with two attached hydrogens (primary N) is 1. The van der Waals surface area contributed by atoms with Crippen LogP contribution in [0.15, 0.2) is 46.8 Å². The van der Waals surface area contributed by atoms with E-state index in [1.807, 2.05) is 26.0 Å². The Morgan fingerprint density at radius 3 is 2.56 bits per heavy atom. The lowest BCUT2D eigenvalue weighted by Crippen LogP contribution is -2.39. The molecule has 0 spiro atoms. The number of aryl methyl sites for hydroxylation is 2. The molecule has 0 bridgehead atoms. The second-order valence-electron chi connectivity index (χ2n) is 8.97. The number of hydrogen-bond donors (Lipinski definition) is 2. The molecular weight excluding hydrogens is 490 g/mol. The summed E-state index contributed by atoms with van der Waals surface area (Å²) in [6.45, 7) is 6.80. The highest BCUT2D eigenvalue weighted by molar-refractivity contribution is 7.97. The van der Waals surface area contributed by atoms with Gasteiger partial charge in [0.25, 0.3) is 0 Å². The zero-order valence-electron chi connectivity index (χ0n) is 20.2. The number of hydrogen-bond acceptors (Lipinski definition) is 10. The van der Waals surface area contributed by atoms with Gasteiger partial charge in [0.15, 0.2) is 5.65 Å². The summed E-state index contributed by atoms with van der Waals surface area (Å²) in [6, 6.07) is 14.6. The summed E-state index contributed by atoms with van der Waals surface area (Å²) in [6.07, 6.45) is 2.00. The molecule has 0 radical (unpaired) electrons. The summed E-state index contributed by atoms with van der Waals surface area (Å²) < 4.78 is 7.10. The maximum Gasteiger partial charge on any atom is 0.243 e. The number of thiazole rings is 1. The van der Waals surface area contributed by atoms with Gasteiger partial charge < -0.3 is 10.1 Å². The average Bonchev–Trinajstić information content (AvgIpc) is 3.36. The normalized spacial score (nSPS) is 14.6. The second-order valence-corrected chi connectivity index (χ2v) is 10.5. The predicted octanol–water partition coefficient (Wildman–Crippen LogP) is 5.41. The Morgan fingerprint density at radius 1 is 1.17 bits per heavy atom. The molecule has 2 aromatic carbocycles. The number of benzene rings is 2. The fraction of sp³-hybridized carbons (Fsp3) is 0.308. The van der Waals surface area contributed by atoms with Crippen LogP contribution in [0.25, 0.3) is 10.3 Å². The van der Waals surface area contributed by atoms with E-state index in [0.29, 0.717) is 28.8 Å². The van der Waals surface area contributed by atoms with Crippen LogP contribution in [0.3, 0.4) is 0 Å². The van der Waals surface area contributed by atoms with E-state index in [2.05, 4.69) is 50.5 Å². The third-order valence-corrected chi connectivity index (χ3v) is 7.68. The maximum atomic E-state index is 9.25. The van der Waals surface area contributed by atoms with Crippen molar-refractivity contribution in [2.75, 3.05) is 18.4 Å². The van der Waals surface area contributed by atoms with Gasteiger partial charge in [-0.2, -0.15) is 15.2 Å². The van der Waals surface area contributed by atoms with Gasteiger partial charge in [0.1, 0.15) is 10.4 Å². The monoisotopic (exact) mass is 517 g/mol. The van der Waals surface area contributed by atoms with E-state index in [1.54, 1.807) is 5.51 Å². The molecule has 3 N–H and O–H groups in total. The molecule has 0 aliphatic carbocycles. The first-order valence-corrected chi connectivity index (χ1v) is 13.5. The topological polar surface area (TPSA) is 113 Å². The number of nitriles is 1. The van der Waals surface area contributed by atoms with Gasteiger partial charge in [-0.1, -0.05) is 12.1 Å². The summed E-state index contributed by atoms with van der Waals surface area (Å²) in [5.41, 5.74) is 6.07. The lowest BCUT2D eigenvalue weighted by molar-refractivity contribution is 0.211. The van der Waals surface area contributed by atoms with Gasteiger partial charge in [0, 0.05) is 30.6 Å². The maximum absolute atomic E-state index is 9.25. The van der Waals surface area contributed by atoms with Crippen LogP contribution in [0, 0.1) is 25.2 Å². The van der Waals surface area contributed by atoms with E-state index in [-0.39, 0.29) is 6.04 Å². The summed E-state index contributed by atoms with van der Waals surface area (Å²) in [5.74, 6) is 1.72. The minimum atomic E-state index is 0.277. The van der Waals surface area contributed by atoms with E-state index < -0.39 is 0 Å². The number of nitrogens with zero attached hydrogens (tertiary/aromatic N) is 5. The van der Waals surface area contributed by atoms with Crippen molar-refractivity contribution in [3.05, 3.63) is 64.2 Å². The van der Waals surface area contributed by atoms with Crippen LogP contribution in [-0.4, -0.2) is 39.0 Å². The first-order valence-electron chi connectivity index (χ1n) is 11.8. The number of piperidine rings is 1. The number of rotatable bonds is 7. The van der Waals surface area contributed by atoms with Crippen LogP contribution in [-0.2, 0) is 6.54 Å². The highest BCUT2D eigenvalue weighted by atomic mass is 32.2. The van der Waals surface area contributed by atoms with Crippen molar-refractivity contribution in [3.63, 3.8) is 0 Å². The van der Waals surface area contributed by atoms with Gasteiger partial charge in [-0.25, -0.2) is 4.98 Å². The number of likely N-dealkylation sites (tertiary alicyclic amines) is 1. The molecule has 1 aliphatic rings. The molecule has 36 heavy (non-hydrogen) atoms. The molecule has 0 amide bonds. The molecular formula is C26H27N7OS2. The molecule has 2 aromatic heterocycles. The van der Waals surface area contributed by atoms with E-state index in [9.17, 15) is 5.26 Å². The molecule has 4 aromatic rings. The average molecular weight is 518 g/mol. The van der Waals surface area contributed by atoms with Crippen LogP contribution < -0.4 is 15.2 Å². The highest BCUT2D eigenvalue weighted by Gasteiger charge is 2.22. The Hall–Kier alpha value is -3.23. The van der Waals surface area contributed by atoms with Gasteiger partial charge >= 0.3 is 0 Å². The molecule has 10 heteroatoms. The van der Waals surface area contributed by atoms with Crippen LogP contribution in [0.4, 0.5) is 5.95 Å². The number of fused-ring (bicyclic) bond motifs is 1. The summed E-state index contributed by atoms with van der Waals surface area (Å²) in [4.78, 5) is 17.3. The van der Waals surface area contributed by atoms with Crippen molar-refractivity contribution in [1.82, 2.24) is 19.9 Å². The fourth-order valence-electron chi connectivity index (χ4n) is 4.49. The lowest BCUT2D eigenvalue weighted by atomic mass is 10.0. The van der Waals surface area contributed by atoms with Gasteiger partial charge in [-0.05, 0) is 79.6 Å². The molecule has 184 valence electrons. The van der Waals surface area contributed by atoms with E-state index in [0.717, 1.165) is 53.2 Å². The lowest BCUT2D eigenvalue weighted by Gasteiger charge is -2.32. The Morgan fingerprint density at radius 2 is 1.89 bits per heavy atom. The Kier molecular flexibility index (Phi) is 7.34. The zero-order valence-corrected chi connectivity index (χ0v) is 21.8. The molecule has 8 nitrogen and oxygen atoms in total. The van der Waals surface area contributed by atoms with Crippen molar-refractivity contribution < 1.29 is 4.74 Å². The van der Waals surface area contributed by atoms with Crippen molar-refractivity contribution in [2.45, 2.75) is 44.2 Å². The van der Waals surface area contributed by atoms with Crippen molar-refractivity contribution >= 4 is 39.6 Å². The van der Waals surface area contributed by atoms with E-state index in [1.165, 1.54) is 28.8 Å². The summed E-state index contributed by atoms with van der Waals surface area (Å²) in [7, 11) is 0. The molecule has 1 aliphatic heterocycles. The number of nitrogens with one attached hydrogen (secondary N) is 1.